The highest BCUT2D eigenvalue weighted by Gasteiger charge is 2.22. The molecule has 2 rings (SSSR count). The summed E-state index contributed by atoms with van der Waals surface area (Å²) >= 11 is 12.2. The van der Waals surface area contributed by atoms with Gasteiger partial charge in [0.15, 0.2) is 0 Å². The van der Waals surface area contributed by atoms with Crippen molar-refractivity contribution < 1.29 is 9.53 Å². The third-order valence-electron chi connectivity index (χ3n) is 2.90. The van der Waals surface area contributed by atoms with Gasteiger partial charge in [-0.3, -0.25) is 5.32 Å². The number of carbonyl (C=O) groups is 1. The average Bonchev–Trinajstić information content (AvgIpc) is 2.37. The van der Waals surface area contributed by atoms with Crippen LogP contribution in [0, 0.1) is 0 Å². The van der Waals surface area contributed by atoms with Gasteiger partial charge in [0.1, 0.15) is 0 Å². The number of halogens is 2. The van der Waals surface area contributed by atoms with Crippen LogP contribution in [0.1, 0.15) is 18.9 Å². The fourth-order valence-corrected chi connectivity index (χ4v) is 2.57. The van der Waals surface area contributed by atoms with Crippen molar-refractivity contribution in [1.82, 2.24) is 5.32 Å². The number of ether oxygens (including phenoxy) is 1. The van der Waals surface area contributed by atoms with Gasteiger partial charge >= 0.3 is 6.09 Å². The lowest BCUT2D eigenvalue weighted by Gasteiger charge is -2.26. The second kappa shape index (κ2) is 5.72. The molecule has 1 aliphatic heterocycles. The Morgan fingerprint density at radius 3 is 2.84 bits per heavy atom. The highest BCUT2D eigenvalue weighted by Crippen LogP contribution is 2.37. The molecule has 1 aliphatic rings. The number of methoxy groups -OCH3 is 1. The number of alkyl carbamates (subject to hydrolysis) is 1. The molecule has 0 spiro atoms. The standard InChI is InChI=1S/C13H14Cl2N2O2/c1-3-8-6-11(17-13(18)19-2)12-9(15)4-7(14)5-10(12)16-8/h4-6,8,16H,3H2,1-2H3,(H,17,18)/t8-/m1/s1. The maximum Gasteiger partial charge on any atom is 0.411 e. The summed E-state index contributed by atoms with van der Waals surface area (Å²) in [6.45, 7) is 2.04. The lowest BCUT2D eigenvalue weighted by atomic mass is 10.0. The molecule has 19 heavy (non-hydrogen) atoms. The molecule has 2 N–H and O–H groups in total. The number of amides is 1. The van der Waals surface area contributed by atoms with Gasteiger partial charge in [-0.25, -0.2) is 4.79 Å². The molecule has 1 aromatic carbocycles. The van der Waals surface area contributed by atoms with E-state index in [9.17, 15) is 4.79 Å². The topological polar surface area (TPSA) is 50.4 Å². The minimum atomic E-state index is -0.528. The van der Waals surface area contributed by atoms with Gasteiger partial charge in [-0.2, -0.15) is 0 Å². The third-order valence-corrected chi connectivity index (χ3v) is 3.41. The number of anilines is 1. The van der Waals surface area contributed by atoms with Crippen LogP contribution >= 0.6 is 23.2 Å². The van der Waals surface area contributed by atoms with E-state index in [4.69, 9.17) is 23.2 Å². The average molecular weight is 301 g/mol. The Hall–Kier alpha value is -1.39. The fourth-order valence-electron chi connectivity index (χ4n) is 1.97. The lowest BCUT2D eigenvalue weighted by Crippen LogP contribution is -2.29. The van der Waals surface area contributed by atoms with Crippen molar-refractivity contribution in [2.75, 3.05) is 12.4 Å². The van der Waals surface area contributed by atoms with Gasteiger partial charge in [0, 0.05) is 22.3 Å². The molecular weight excluding hydrogens is 287 g/mol. The number of hydrogen-bond acceptors (Lipinski definition) is 3. The van der Waals surface area contributed by atoms with Crippen LogP contribution in [-0.2, 0) is 4.74 Å². The Morgan fingerprint density at radius 2 is 2.21 bits per heavy atom. The molecule has 6 heteroatoms. The summed E-state index contributed by atoms with van der Waals surface area (Å²) in [7, 11) is 1.32. The Labute approximate surface area is 121 Å². The predicted octanol–water partition coefficient (Wildman–Crippen LogP) is 3.89. The molecule has 4 nitrogen and oxygen atoms in total. The predicted molar refractivity (Wildman–Crippen MR) is 77.7 cm³/mol. The monoisotopic (exact) mass is 300 g/mol. The van der Waals surface area contributed by atoms with Gasteiger partial charge in [-0.15, -0.1) is 0 Å². The van der Waals surface area contributed by atoms with Crippen molar-refractivity contribution in [1.29, 1.82) is 0 Å². The smallest absolute Gasteiger partial charge is 0.411 e. The first-order chi connectivity index (χ1) is 9.05. The molecule has 1 heterocycles. The Balaban J connectivity index is 2.46. The van der Waals surface area contributed by atoms with Crippen molar-refractivity contribution in [2.45, 2.75) is 19.4 Å². The first-order valence-electron chi connectivity index (χ1n) is 5.88. The zero-order valence-electron chi connectivity index (χ0n) is 10.6. The van der Waals surface area contributed by atoms with E-state index in [2.05, 4.69) is 15.4 Å². The van der Waals surface area contributed by atoms with Crippen molar-refractivity contribution >= 4 is 40.7 Å². The number of rotatable bonds is 2. The van der Waals surface area contributed by atoms with Crippen molar-refractivity contribution in [2.24, 2.45) is 0 Å². The molecule has 102 valence electrons. The number of benzene rings is 1. The second-order valence-corrected chi connectivity index (χ2v) is 5.01. The lowest BCUT2D eigenvalue weighted by molar-refractivity contribution is 0.176. The summed E-state index contributed by atoms with van der Waals surface area (Å²) in [6.07, 6.45) is 2.26. The number of hydrogen-bond donors (Lipinski definition) is 2. The largest absolute Gasteiger partial charge is 0.453 e. The molecule has 0 bridgehead atoms. The molecule has 0 unspecified atom stereocenters. The second-order valence-electron chi connectivity index (χ2n) is 4.17. The first kappa shape index (κ1) is 14.0. The van der Waals surface area contributed by atoms with Gasteiger partial charge in [0.2, 0.25) is 0 Å². The highest BCUT2D eigenvalue weighted by molar-refractivity contribution is 6.36. The molecule has 1 aromatic rings. The number of carbonyl (C=O) groups excluding carboxylic acids is 1. The van der Waals surface area contributed by atoms with E-state index in [0.717, 1.165) is 17.7 Å². The van der Waals surface area contributed by atoms with Crippen LogP contribution in [0.3, 0.4) is 0 Å². The van der Waals surface area contributed by atoms with E-state index >= 15 is 0 Å². The molecule has 1 atom stereocenters. The summed E-state index contributed by atoms with van der Waals surface area (Å²) in [5, 5.41) is 7.02. The summed E-state index contributed by atoms with van der Waals surface area (Å²) in [6, 6.07) is 3.54. The summed E-state index contributed by atoms with van der Waals surface area (Å²) in [5.74, 6) is 0. The van der Waals surface area contributed by atoms with Crippen LogP contribution in [0.15, 0.2) is 18.2 Å². The fraction of sp³-hybridized carbons (Fsp3) is 0.308. The van der Waals surface area contributed by atoms with Crippen LogP contribution < -0.4 is 10.6 Å². The first-order valence-corrected chi connectivity index (χ1v) is 6.63. The van der Waals surface area contributed by atoms with Crippen molar-refractivity contribution in [3.05, 3.63) is 33.8 Å². The summed E-state index contributed by atoms with van der Waals surface area (Å²) in [4.78, 5) is 11.4. The third kappa shape index (κ3) is 2.96. The van der Waals surface area contributed by atoms with Gasteiger partial charge in [0.05, 0.1) is 17.8 Å². The minimum absolute atomic E-state index is 0.106. The van der Waals surface area contributed by atoms with Crippen LogP contribution in [0.25, 0.3) is 5.70 Å². The van der Waals surface area contributed by atoms with E-state index in [0.29, 0.717) is 15.7 Å². The zero-order chi connectivity index (χ0) is 14.0. The molecule has 0 saturated carbocycles. The number of nitrogens with one attached hydrogen (secondary N) is 2. The van der Waals surface area contributed by atoms with Crippen molar-refractivity contribution in [3.8, 4) is 0 Å². The Kier molecular flexibility index (Phi) is 4.22. The Bertz CT molecular complexity index is 544. The maximum absolute atomic E-state index is 11.4. The zero-order valence-corrected chi connectivity index (χ0v) is 12.1. The quantitative estimate of drug-likeness (QED) is 0.871. The van der Waals surface area contributed by atoms with Crippen LogP contribution in [-0.4, -0.2) is 19.2 Å². The van der Waals surface area contributed by atoms with E-state index < -0.39 is 6.09 Å². The van der Waals surface area contributed by atoms with Gasteiger partial charge in [-0.05, 0) is 24.6 Å². The number of fused-ring (bicyclic) bond motifs is 1. The van der Waals surface area contributed by atoms with Crippen LogP contribution in [0.5, 0.6) is 0 Å². The molecular formula is C13H14Cl2N2O2. The molecule has 0 radical (unpaired) electrons. The molecule has 0 saturated heterocycles. The van der Waals surface area contributed by atoms with Gasteiger partial charge in [0.25, 0.3) is 0 Å². The molecule has 1 amide bonds. The summed E-state index contributed by atoms with van der Waals surface area (Å²) < 4.78 is 4.62. The molecule has 0 aliphatic carbocycles. The Morgan fingerprint density at radius 1 is 1.47 bits per heavy atom. The maximum atomic E-state index is 11.4. The van der Waals surface area contributed by atoms with Gasteiger partial charge in [-0.1, -0.05) is 30.1 Å². The van der Waals surface area contributed by atoms with Crippen LogP contribution in [0.2, 0.25) is 10.0 Å². The van der Waals surface area contributed by atoms with Crippen molar-refractivity contribution in [3.63, 3.8) is 0 Å². The SMILES string of the molecule is CC[C@@H]1C=C(NC(=O)OC)c2c(Cl)cc(Cl)cc2N1. The van der Waals surface area contributed by atoms with Crippen LogP contribution in [0.4, 0.5) is 10.5 Å². The molecule has 0 aromatic heterocycles. The van der Waals surface area contributed by atoms with E-state index in [1.165, 1.54) is 7.11 Å². The minimum Gasteiger partial charge on any atom is -0.453 e. The van der Waals surface area contributed by atoms with E-state index in [-0.39, 0.29) is 6.04 Å². The molecule has 0 fully saturated rings. The highest BCUT2D eigenvalue weighted by atomic mass is 35.5. The van der Waals surface area contributed by atoms with E-state index in [1.807, 2.05) is 13.0 Å². The summed E-state index contributed by atoms with van der Waals surface area (Å²) in [5.41, 5.74) is 2.16. The van der Waals surface area contributed by atoms with Gasteiger partial charge < -0.3 is 10.1 Å². The normalized spacial score (nSPS) is 17.1. The van der Waals surface area contributed by atoms with E-state index in [1.54, 1.807) is 12.1 Å².